The van der Waals surface area contributed by atoms with E-state index < -0.39 is 6.10 Å². The first-order valence-corrected chi connectivity index (χ1v) is 5.24. The van der Waals surface area contributed by atoms with Gasteiger partial charge >= 0.3 is 0 Å². The zero-order chi connectivity index (χ0) is 13.7. The molecule has 1 aromatic rings. The standard InChI is InChI=1S/C11H17N5O2/c1-6(17)7-3-4-8(9(5-7)18-2)15-11(14)16-10(12)13/h3-6,17H,1-2H3,(H6,12,13,14,15,16). The van der Waals surface area contributed by atoms with E-state index in [1.54, 1.807) is 25.1 Å². The lowest BCUT2D eigenvalue weighted by Gasteiger charge is -2.09. The number of rotatable bonds is 3. The quantitative estimate of drug-likeness (QED) is 0.442. The highest BCUT2D eigenvalue weighted by molar-refractivity contribution is 5.93. The summed E-state index contributed by atoms with van der Waals surface area (Å²) >= 11 is 0. The predicted octanol–water partition coefficient (Wildman–Crippen LogP) is -0.0319. The Bertz CT molecular complexity index is 478. The lowest BCUT2D eigenvalue weighted by molar-refractivity contribution is 0.199. The average Bonchev–Trinajstić information content (AvgIpc) is 2.27. The van der Waals surface area contributed by atoms with E-state index in [1.807, 2.05) is 0 Å². The minimum atomic E-state index is -0.591. The summed E-state index contributed by atoms with van der Waals surface area (Å²) < 4.78 is 5.16. The van der Waals surface area contributed by atoms with E-state index in [0.29, 0.717) is 17.0 Å². The molecule has 7 nitrogen and oxygen atoms in total. The summed E-state index contributed by atoms with van der Waals surface area (Å²) in [7, 11) is 1.50. The maximum atomic E-state index is 9.46. The van der Waals surface area contributed by atoms with Crippen molar-refractivity contribution in [1.82, 2.24) is 0 Å². The van der Waals surface area contributed by atoms with Gasteiger partial charge in [-0.25, -0.2) is 4.99 Å². The molecule has 1 atom stereocenters. The maximum Gasteiger partial charge on any atom is 0.223 e. The Morgan fingerprint density at radius 3 is 2.50 bits per heavy atom. The molecule has 0 saturated heterocycles. The smallest absolute Gasteiger partial charge is 0.223 e. The van der Waals surface area contributed by atoms with Crippen LogP contribution in [-0.4, -0.2) is 24.1 Å². The van der Waals surface area contributed by atoms with Crippen LogP contribution in [0, 0.1) is 0 Å². The van der Waals surface area contributed by atoms with Gasteiger partial charge in [0.05, 0.1) is 13.2 Å². The maximum absolute atomic E-state index is 9.46. The molecule has 0 amide bonds. The van der Waals surface area contributed by atoms with E-state index in [-0.39, 0.29) is 11.9 Å². The Morgan fingerprint density at radius 2 is 2.00 bits per heavy atom. The Labute approximate surface area is 105 Å². The highest BCUT2D eigenvalue weighted by Crippen LogP contribution is 2.30. The van der Waals surface area contributed by atoms with Crippen LogP contribution >= 0.6 is 0 Å². The summed E-state index contributed by atoms with van der Waals surface area (Å²) in [5, 5.41) is 9.46. The minimum Gasteiger partial charge on any atom is -0.494 e. The number of benzene rings is 1. The molecule has 0 heterocycles. The third-order valence-electron chi connectivity index (χ3n) is 2.16. The third-order valence-corrected chi connectivity index (χ3v) is 2.16. The molecule has 98 valence electrons. The van der Waals surface area contributed by atoms with Gasteiger partial charge in [-0.1, -0.05) is 6.07 Å². The second-order valence-electron chi connectivity index (χ2n) is 3.61. The second kappa shape index (κ2) is 5.87. The number of nitrogens with two attached hydrogens (primary N) is 3. The molecule has 0 fully saturated rings. The van der Waals surface area contributed by atoms with Gasteiger partial charge < -0.3 is 27.0 Å². The van der Waals surface area contributed by atoms with Crippen molar-refractivity contribution in [3.8, 4) is 5.75 Å². The van der Waals surface area contributed by atoms with Gasteiger partial charge in [-0.3, -0.25) is 0 Å². The van der Waals surface area contributed by atoms with Crippen LogP contribution in [0.25, 0.3) is 0 Å². The number of nitrogens with zero attached hydrogens (tertiary/aromatic N) is 2. The van der Waals surface area contributed by atoms with E-state index in [0.717, 1.165) is 0 Å². The molecule has 7 heteroatoms. The second-order valence-corrected chi connectivity index (χ2v) is 3.61. The number of hydrogen-bond acceptors (Lipinski definition) is 3. The average molecular weight is 251 g/mol. The number of aliphatic hydroxyl groups is 1. The molecule has 0 aliphatic heterocycles. The van der Waals surface area contributed by atoms with Gasteiger partial charge in [-0.15, -0.1) is 0 Å². The number of methoxy groups -OCH3 is 1. The van der Waals surface area contributed by atoms with Crippen molar-refractivity contribution in [2.45, 2.75) is 13.0 Å². The van der Waals surface area contributed by atoms with Crippen molar-refractivity contribution < 1.29 is 9.84 Å². The zero-order valence-corrected chi connectivity index (χ0v) is 10.3. The Hall–Kier alpha value is -2.28. The van der Waals surface area contributed by atoms with E-state index in [4.69, 9.17) is 21.9 Å². The Kier molecular flexibility index (Phi) is 4.50. The van der Waals surface area contributed by atoms with Crippen LogP contribution in [0.3, 0.4) is 0 Å². The van der Waals surface area contributed by atoms with Crippen molar-refractivity contribution in [3.05, 3.63) is 23.8 Å². The summed E-state index contributed by atoms with van der Waals surface area (Å²) in [6.45, 7) is 1.66. The van der Waals surface area contributed by atoms with Crippen LogP contribution in [0.4, 0.5) is 5.69 Å². The molecule has 18 heavy (non-hydrogen) atoms. The molecule has 0 aliphatic carbocycles. The highest BCUT2D eigenvalue weighted by Gasteiger charge is 2.07. The molecule has 0 aromatic heterocycles. The van der Waals surface area contributed by atoms with Gasteiger partial charge in [0.15, 0.2) is 5.96 Å². The van der Waals surface area contributed by atoms with Crippen molar-refractivity contribution in [2.24, 2.45) is 27.2 Å². The Morgan fingerprint density at radius 1 is 1.33 bits per heavy atom. The first-order chi connectivity index (χ1) is 8.43. The van der Waals surface area contributed by atoms with Gasteiger partial charge in [-0.05, 0) is 24.6 Å². The fraction of sp³-hybridized carbons (Fsp3) is 0.273. The fourth-order valence-corrected chi connectivity index (χ4v) is 1.33. The number of aliphatic hydroxyl groups excluding tert-OH is 1. The molecule has 0 bridgehead atoms. The van der Waals surface area contributed by atoms with Crippen molar-refractivity contribution in [1.29, 1.82) is 0 Å². The lowest BCUT2D eigenvalue weighted by atomic mass is 10.1. The molecule has 7 N–H and O–H groups in total. The van der Waals surface area contributed by atoms with Crippen LogP contribution in [0.5, 0.6) is 5.75 Å². The summed E-state index contributed by atoms with van der Waals surface area (Å²) in [6, 6.07) is 5.05. The van der Waals surface area contributed by atoms with Crippen molar-refractivity contribution >= 4 is 17.6 Å². The Balaban J connectivity index is 3.14. The molecular weight excluding hydrogens is 234 g/mol. The van der Waals surface area contributed by atoms with E-state index in [2.05, 4.69) is 9.98 Å². The van der Waals surface area contributed by atoms with Crippen molar-refractivity contribution in [2.75, 3.05) is 7.11 Å². The molecule has 0 aliphatic rings. The van der Waals surface area contributed by atoms with Gasteiger partial charge in [0.2, 0.25) is 5.96 Å². The van der Waals surface area contributed by atoms with Crippen molar-refractivity contribution in [3.63, 3.8) is 0 Å². The fourth-order valence-electron chi connectivity index (χ4n) is 1.33. The number of aliphatic imine (C=N–C) groups is 2. The minimum absolute atomic E-state index is 0.0712. The van der Waals surface area contributed by atoms with Crippen LogP contribution in [-0.2, 0) is 0 Å². The van der Waals surface area contributed by atoms with Crippen LogP contribution < -0.4 is 21.9 Å². The first kappa shape index (κ1) is 13.8. The molecule has 0 radical (unpaired) electrons. The van der Waals surface area contributed by atoms with Gasteiger partial charge in [0.25, 0.3) is 0 Å². The van der Waals surface area contributed by atoms with Crippen LogP contribution in [0.2, 0.25) is 0 Å². The first-order valence-electron chi connectivity index (χ1n) is 5.24. The molecule has 1 unspecified atom stereocenters. The molecule has 1 rings (SSSR count). The highest BCUT2D eigenvalue weighted by atomic mass is 16.5. The SMILES string of the molecule is COc1cc(C(C)O)ccc1N=C(N)N=C(N)N. The molecule has 0 spiro atoms. The van der Waals surface area contributed by atoms with E-state index in [9.17, 15) is 5.11 Å². The van der Waals surface area contributed by atoms with E-state index >= 15 is 0 Å². The largest absolute Gasteiger partial charge is 0.494 e. The summed E-state index contributed by atoms with van der Waals surface area (Å²) in [5.74, 6) is 0.232. The normalized spacial score (nSPS) is 12.9. The summed E-state index contributed by atoms with van der Waals surface area (Å²) in [5.41, 5.74) is 17.1. The molecular formula is C11H17N5O2. The summed E-state index contributed by atoms with van der Waals surface area (Å²) in [6.07, 6.45) is -0.591. The topological polar surface area (TPSA) is 132 Å². The molecule has 1 aromatic carbocycles. The lowest BCUT2D eigenvalue weighted by Crippen LogP contribution is -2.26. The van der Waals surface area contributed by atoms with Gasteiger partial charge in [0, 0.05) is 0 Å². The third kappa shape index (κ3) is 3.63. The zero-order valence-electron chi connectivity index (χ0n) is 10.3. The summed E-state index contributed by atoms with van der Waals surface area (Å²) in [4.78, 5) is 7.61. The monoisotopic (exact) mass is 251 g/mol. The number of guanidine groups is 2. The van der Waals surface area contributed by atoms with Crippen LogP contribution in [0.1, 0.15) is 18.6 Å². The van der Waals surface area contributed by atoms with Gasteiger partial charge in [-0.2, -0.15) is 4.99 Å². The number of hydrogen-bond donors (Lipinski definition) is 4. The number of ether oxygens (including phenoxy) is 1. The van der Waals surface area contributed by atoms with Gasteiger partial charge in [0.1, 0.15) is 11.4 Å². The molecule has 0 saturated carbocycles. The van der Waals surface area contributed by atoms with E-state index in [1.165, 1.54) is 7.11 Å². The van der Waals surface area contributed by atoms with Crippen LogP contribution in [0.15, 0.2) is 28.2 Å². The predicted molar refractivity (Wildman–Crippen MR) is 70.7 cm³/mol.